The molecule has 1 heterocycles. The SMILES string of the molecule is CC(C)CNc1[nH]c(-c2ccccc2F)c(O)c(=O)c1C(=N)C(F)(F)F. The molecule has 5 nitrogen and oxygen atoms in total. The van der Waals surface area contributed by atoms with E-state index in [1.54, 1.807) is 13.8 Å². The minimum absolute atomic E-state index is 0.0112. The summed E-state index contributed by atoms with van der Waals surface area (Å²) in [6, 6.07) is 5.18. The lowest BCUT2D eigenvalue weighted by Crippen LogP contribution is -2.31. The maximum absolute atomic E-state index is 14.0. The molecule has 0 aliphatic carbocycles. The Morgan fingerprint density at radius 3 is 2.46 bits per heavy atom. The normalized spacial score (nSPS) is 11.7. The summed E-state index contributed by atoms with van der Waals surface area (Å²) >= 11 is 0. The second-order valence-electron chi connectivity index (χ2n) is 6.06. The number of hydrogen-bond acceptors (Lipinski definition) is 4. The number of nitrogens with one attached hydrogen (secondary N) is 3. The number of hydrogen-bond donors (Lipinski definition) is 4. The maximum atomic E-state index is 14.0. The van der Waals surface area contributed by atoms with E-state index in [9.17, 15) is 27.5 Å². The van der Waals surface area contributed by atoms with Gasteiger partial charge in [0.2, 0.25) is 5.43 Å². The predicted octanol–water partition coefficient (Wildman–Crippen LogP) is 3.88. The van der Waals surface area contributed by atoms with Crippen molar-refractivity contribution < 1.29 is 22.7 Å². The van der Waals surface area contributed by atoms with Crippen molar-refractivity contribution in [2.45, 2.75) is 20.0 Å². The van der Waals surface area contributed by atoms with Gasteiger partial charge in [-0.3, -0.25) is 10.2 Å². The summed E-state index contributed by atoms with van der Waals surface area (Å²) in [5.74, 6) is -2.25. The molecule has 0 aliphatic heterocycles. The van der Waals surface area contributed by atoms with E-state index in [-0.39, 0.29) is 23.7 Å². The zero-order chi connectivity index (χ0) is 19.6. The van der Waals surface area contributed by atoms with Crippen molar-refractivity contribution in [2.24, 2.45) is 5.92 Å². The first-order chi connectivity index (χ1) is 12.0. The number of aromatic nitrogens is 1. The summed E-state index contributed by atoms with van der Waals surface area (Å²) in [5, 5.41) is 20.0. The Kier molecular flexibility index (Phi) is 5.38. The van der Waals surface area contributed by atoms with Crippen LogP contribution in [0.1, 0.15) is 19.4 Å². The molecule has 0 fully saturated rings. The zero-order valence-electron chi connectivity index (χ0n) is 14.0. The monoisotopic (exact) mass is 371 g/mol. The maximum Gasteiger partial charge on any atom is 0.433 e. The van der Waals surface area contributed by atoms with Crippen molar-refractivity contribution in [3.8, 4) is 17.0 Å². The van der Waals surface area contributed by atoms with Crippen molar-refractivity contribution in [2.75, 3.05) is 11.9 Å². The predicted molar refractivity (Wildman–Crippen MR) is 90.3 cm³/mol. The summed E-state index contributed by atoms with van der Waals surface area (Å²) in [6.45, 7) is 3.77. The van der Waals surface area contributed by atoms with Gasteiger partial charge >= 0.3 is 6.18 Å². The lowest BCUT2D eigenvalue weighted by Gasteiger charge is -2.18. The first-order valence-electron chi connectivity index (χ1n) is 7.68. The van der Waals surface area contributed by atoms with Crippen molar-refractivity contribution >= 4 is 11.5 Å². The Balaban J connectivity index is 2.74. The topological polar surface area (TPSA) is 89.0 Å². The number of pyridine rings is 1. The van der Waals surface area contributed by atoms with Gasteiger partial charge in [-0.1, -0.05) is 26.0 Å². The van der Waals surface area contributed by atoms with Crippen LogP contribution in [0.4, 0.5) is 23.4 Å². The van der Waals surface area contributed by atoms with Gasteiger partial charge in [0, 0.05) is 12.1 Å². The highest BCUT2D eigenvalue weighted by Gasteiger charge is 2.39. The second-order valence-corrected chi connectivity index (χ2v) is 6.06. The molecule has 0 saturated carbocycles. The van der Waals surface area contributed by atoms with Crippen LogP contribution in [0.5, 0.6) is 5.75 Å². The molecular weight excluding hydrogens is 354 g/mol. The van der Waals surface area contributed by atoms with Crippen LogP contribution < -0.4 is 10.7 Å². The number of halogens is 4. The highest BCUT2D eigenvalue weighted by atomic mass is 19.4. The van der Waals surface area contributed by atoms with E-state index in [0.29, 0.717) is 0 Å². The molecule has 0 atom stereocenters. The summed E-state index contributed by atoms with van der Waals surface area (Å²) in [6.07, 6.45) is -5.09. The molecular formula is C17H17F4N3O2. The third-order valence-corrected chi connectivity index (χ3v) is 3.54. The molecule has 0 radical (unpaired) electrons. The lowest BCUT2D eigenvalue weighted by atomic mass is 10.0. The molecule has 0 bridgehead atoms. The van der Waals surface area contributed by atoms with Gasteiger partial charge in [0.05, 0.1) is 11.3 Å². The summed E-state index contributed by atoms with van der Waals surface area (Å²) < 4.78 is 52.9. The minimum atomic E-state index is -5.09. The molecule has 0 unspecified atom stereocenters. The van der Waals surface area contributed by atoms with Crippen LogP contribution in [0.3, 0.4) is 0 Å². The summed E-state index contributed by atoms with van der Waals surface area (Å²) in [5.41, 5.74) is -4.90. The Bertz CT molecular complexity index is 889. The van der Waals surface area contributed by atoms with E-state index in [1.165, 1.54) is 18.2 Å². The van der Waals surface area contributed by atoms with Crippen LogP contribution in [0.2, 0.25) is 0 Å². The third-order valence-electron chi connectivity index (χ3n) is 3.54. The van der Waals surface area contributed by atoms with Gasteiger partial charge in [0.1, 0.15) is 11.6 Å². The van der Waals surface area contributed by atoms with Crippen molar-refractivity contribution in [1.82, 2.24) is 4.98 Å². The third kappa shape index (κ3) is 3.87. The van der Waals surface area contributed by atoms with Crippen molar-refractivity contribution in [3.63, 3.8) is 0 Å². The molecule has 1 aromatic heterocycles. The van der Waals surface area contributed by atoms with Crippen LogP contribution in [0.25, 0.3) is 11.3 Å². The average Bonchev–Trinajstić information content (AvgIpc) is 2.55. The number of anilines is 1. The van der Waals surface area contributed by atoms with Gasteiger partial charge in [-0.15, -0.1) is 0 Å². The molecule has 0 amide bonds. The molecule has 0 aliphatic rings. The first kappa shape index (κ1) is 19.5. The van der Waals surface area contributed by atoms with E-state index in [2.05, 4.69) is 10.3 Å². The Morgan fingerprint density at radius 2 is 1.92 bits per heavy atom. The highest BCUT2D eigenvalue weighted by Crippen LogP contribution is 2.31. The van der Waals surface area contributed by atoms with E-state index in [0.717, 1.165) is 6.07 Å². The quantitative estimate of drug-likeness (QED) is 0.475. The van der Waals surface area contributed by atoms with E-state index >= 15 is 0 Å². The fourth-order valence-corrected chi connectivity index (χ4v) is 2.27. The van der Waals surface area contributed by atoms with Crippen LogP contribution >= 0.6 is 0 Å². The molecule has 140 valence electrons. The number of alkyl halides is 3. The van der Waals surface area contributed by atoms with Crippen LogP contribution in [-0.2, 0) is 0 Å². The number of aromatic hydroxyl groups is 1. The average molecular weight is 371 g/mol. The number of rotatable bonds is 5. The fourth-order valence-electron chi connectivity index (χ4n) is 2.27. The molecule has 2 aromatic rings. The van der Waals surface area contributed by atoms with Gasteiger partial charge in [0.15, 0.2) is 11.5 Å². The van der Waals surface area contributed by atoms with Crippen molar-refractivity contribution in [3.05, 3.63) is 45.9 Å². The van der Waals surface area contributed by atoms with Gasteiger partial charge in [-0.25, -0.2) is 4.39 Å². The first-order valence-corrected chi connectivity index (χ1v) is 7.68. The van der Waals surface area contributed by atoms with Crippen molar-refractivity contribution in [1.29, 1.82) is 5.41 Å². The molecule has 26 heavy (non-hydrogen) atoms. The standard InChI is InChI=1S/C17H17F4N3O2/c1-8(2)7-23-16-11(15(22)17(19,20)21)13(25)14(26)12(24-16)9-5-3-4-6-10(9)18/h3-6,8,22,26H,7H2,1-2H3,(H2,23,24,25). The van der Waals surface area contributed by atoms with E-state index in [1.807, 2.05) is 0 Å². The largest absolute Gasteiger partial charge is 0.503 e. The fraction of sp³-hybridized carbons (Fsp3) is 0.294. The van der Waals surface area contributed by atoms with Gasteiger partial charge in [0.25, 0.3) is 0 Å². The van der Waals surface area contributed by atoms with Gasteiger partial charge in [-0.2, -0.15) is 13.2 Å². The summed E-state index contributed by atoms with van der Waals surface area (Å²) in [4.78, 5) is 14.8. The summed E-state index contributed by atoms with van der Waals surface area (Å²) in [7, 11) is 0. The molecule has 1 aromatic carbocycles. The number of H-pyrrole nitrogens is 1. The number of benzene rings is 1. The van der Waals surface area contributed by atoms with E-state index in [4.69, 9.17) is 5.41 Å². The Hall–Kier alpha value is -2.84. The molecule has 0 spiro atoms. The lowest BCUT2D eigenvalue weighted by molar-refractivity contribution is -0.0588. The Morgan fingerprint density at radius 1 is 1.31 bits per heavy atom. The van der Waals surface area contributed by atoms with Crippen LogP contribution in [0.15, 0.2) is 29.1 Å². The van der Waals surface area contributed by atoms with Crippen LogP contribution in [0, 0.1) is 17.1 Å². The smallest absolute Gasteiger partial charge is 0.433 e. The highest BCUT2D eigenvalue weighted by molar-refractivity contribution is 6.06. The molecule has 0 saturated heterocycles. The molecule has 4 N–H and O–H groups in total. The Labute approximate surface area is 146 Å². The second kappa shape index (κ2) is 7.19. The van der Waals surface area contributed by atoms with Gasteiger partial charge < -0.3 is 15.4 Å². The van der Waals surface area contributed by atoms with E-state index < -0.39 is 40.3 Å². The van der Waals surface area contributed by atoms with Gasteiger partial charge in [-0.05, 0) is 18.1 Å². The minimum Gasteiger partial charge on any atom is -0.503 e. The number of aromatic amines is 1. The molecule has 9 heteroatoms. The zero-order valence-corrected chi connectivity index (χ0v) is 14.0. The van der Waals surface area contributed by atoms with Crippen LogP contribution in [-0.4, -0.2) is 28.5 Å². The molecule has 2 rings (SSSR count).